The van der Waals surface area contributed by atoms with Gasteiger partial charge in [-0.15, -0.1) is 0 Å². The lowest BCUT2D eigenvalue weighted by Crippen LogP contribution is -2.41. The quantitative estimate of drug-likeness (QED) is 0.800. The van der Waals surface area contributed by atoms with Crippen LogP contribution < -0.4 is 10.6 Å². The number of carboxylic acids is 1. The summed E-state index contributed by atoms with van der Waals surface area (Å²) in [4.78, 5) is 23.3. The van der Waals surface area contributed by atoms with Crippen LogP contribution in [0.3, 0.4) is 0 Å². The van der Waals surface area contributed by atoms with E-state index < -0.39 is 5.97 Å². The molecule has 5 nitrogen and oxygen atoms in total. The molecule has 3 rings (SSSR count). The van der Waals surface area contributed by atoms with Crippen molar-refractivity contribution in [3.05, 3.63) is 29.3 Å². The zero-order valence-corrected chi connectivity index (χ0v) is 12.1. The van der Waals surface area contributed by atoms with E-state index in [1.807, 2.05) is 6.92 Å². The molecule has 3 unspecified atom stereocenters. The summed E-state index contributed by atoms with van der Waals surface area (Å²) >= 11 is 0. The molecule has 1 aromatic carbocycles. The fraction of sp³-hybridized carbons (Fsp3) is 0.500. The number of amides is 2. The second-order valence-corrected chi connectivity index (χ2v) is 6.23. The Labute approximate surface area is 123 Å². The molecule has 0 radical (unpaired) electrons. The van der Waals surface area contributed by atoms with E-state index in [9.17, 15) is 14.7 Å². The molecule has 0 aliphatic heterocycles. The normalized spacial score (nSPS) is 26.6. The maximum atomic E-state index is 12.1. The van der Waals surface area contributed by atoms with Gasteiger partial charge in [-0.05, 0) is 50.2 Å². The van der Waals surface area contributed by atoms with Gasteiger partial charge in [0.1, 0.15) is 0 Å². The molecule has 2 aliphatic carbocycles. The van der Waals surface area contributed by atoms with Crippen molar-refractivity contribution in [1.29, 1.82) is 0 Å². The third-order valence-corrected chi connectivity index (χ3v) is 4.71. The van der Waals surface area contributed by atoms with E-state index in [-0.39, 0.29) is 17.6 Å². The van der Waals surface area contributed by atoms with E-state index in [0.717, 1.165) is 17.9 Å². The SMILES string of the molecule is Cc1ccc(NC(=O)NC2CC3CCC2C3)c(C(=O)O)c1. The third kappa shape index (κ3) is 2.86. The van der Waals surface area contributed by atoms with Gasteiger partial charge in [0.05, 0.1) is 11.3 Å². The molecule has 0 spiro atoms. The topological polar surface area (TPSA) is 78.4 Å². The average Bonchev–Trinajstić information content (AvgIpc) is 3.02. The number of aromatic carboxylic acids is 1. The van der Waals surface area contributed by atoms with Gasteiger partial charge < -0.3 is 15.7 Å². The van der Waals surface area contributed by atoms with Crippen LogP contribution in [0.25, 0.3) is 0 Å². The van der Waals surface area contributed by atoms with Crippen LogP contribution in [-0.4, -0.2) is 23.1 Å². The minimum Gasteiger partial charge on any atom is -0.478 e. The van der Waals surface area contributed by atoms with Gasteiger partial charge in [-0.1, -0.05) is 18.1 Å². The van der Waals surface area contributed by atoms with Crippen LogP contribution in [0.5, 0.6) is 0 Å². The molecule has 3 N–H and O–H groups in total. The summed E-state index contributed by atoms with van der Waals surface area (Å²) < 4.78 is 0. The van der Waals surface area contributed by atoms with Crippen LogP contribution in [0.2, 0.25) is 0 Å². The first kappa shape index (κ1) is 13.9. The van der Waals surface area contributed by atoms with Gasteiger partial charge in [-0.3, -0.25) is 0 Å². The Kier molecular flexibility index (Phi) is 3.57. The summed E-state index contributed by atoms with van der Waals surface area (Å²) in [7, 11) is 0. The first-order valence-electron chi connectivity index (χ1n) is 7.44. The number of rotatable bonds is 3. The zero-order chi connectivity index (χ0) is 15.0. The van der Waals surface area contributed by atoms with Crippen LogP contribution >= 0.6 is 0 Å². The highest BCUT2D eigenvalue weighted by Gasteiger charge is 2.40. The second kappa shape index (κ2) is 5.39. The van der Waals surface area contributed by atoms with Gasteiger partial charge in [-0.25, -0.2) is 9.59 Å². The molecule has 2 fully saturated rings. The van der Waals surface area contributed by atoms with Crippen molar-refractivity contribution >= 4 is 17.7 Å². The molecule has 2 saturated carbocycles. The number of anilines is 1. The Balaban J connectivity index is 1.66. The Morgan fingerprint density at radius 3 is 2.67 bits per heavy atom. The van der Waals surface area contributed by atoms with E-state index >= 15 is 0 Å². The molecule has 2 bridgehead atoms. The van der Waals surface area contributed by atoms with Gasteiger partial charge in [0.25, 0.3) is 0 Å². The lowest BCUT2D eigenvalue weighted by molar-refractivity contribution is 0.0698. The second-order valence-electron chi connectivity index (χ2n) is 6.23. The fourth-order valence-corrected chi connectivity index (χ4v) is 3.69. The molecule has 21 heavy (non-hydrogen) atoms. The van der Waals surface area contributed by atoms with Crippen molar-refractivity contribution in [2.24, 2.45) is 11.8 Å². The van der Waals surface area contributed by atoms with Crippen LogP contribution in [0.15, 0.2) is 18.2 Å². The number of carbonyl (C=O) groups excluding carboxylic acids is 1. The Morgan fingerprint density at radius 1 is 1.24 bits per heavy atom. The monoisotopic (exact) mass is 288 g/mol. The Hall–Kier alpha value is -2.04. The molecular weight excluding hydrogens is 268 g/mol. The van der Waals surface area contributed by atoms with Crippen molar-refractivity contribution < 1.29 is 14.7 Å². The predicted octanol–water partition coefficient (Wildman–Crippen LogP) is 3.00. The summed E-state index contributed by atoms with van der Waals surface area (Å²) in [5.41, 5.74) is 1.32. The maximum Gasteiger partial charge on any atom is 0.337 e. The molecule has 112 valence electrons. The van der Waals surface area contributed by atoms with Gasteiger partial charge in [0.2, 0.25) is 0 Å². The van der Waals surface area contributed by atoms with E-state index in [0.29, 0.717) is 11.6 Å². The predicted molar refractivity (Wildman–Crippen MR) is 79.5 cm³/mol. The summed E-state index contributed by atoms with van der Waals surface area (Å²) in [6, 6.07) is 4.93. The third-order valence-electron chi connectivity index (χ3n) is 4.71. The van der Waals surface area contributed by atoms with Crippen molar-refractivity contribution in [2.75, 3.05) is 5.32 Å². The molecule has 5 heteroatoms. The van der Waals surface area contributed by atoms with E-state index in [4.69, 9.17) is 0 Å². The van der Waals surface area contributed by atoms with Gasteiger partial charge >= 0.3 is 12.0 Å². The number of benzene rings is 1. The molecule has 2 amide bonds. The molecule has 1 aromatic rings. The van der Waals surface area contributed by atoms with Gasteiger partial charge in [-0.2, -0.15) is 0 Å². The Morgan fingerprint density at radius 2 is 2.05 bits per heavy atom. The largest absolute Gasteiger partial charge is 0.478 e. The Bertz CT molecular complexity index is 585. The van der Waals surface area contributed by atoms with Crippen molar-refractivity contribution in [3.8, 4) is 0 Å². The summed E-state index contributed by atoms with van der Waals surface area (Å²) in [6.45, 7) is 1.82. The minimum atomic E-state index is -1.03. The van der Waals surface area contributed by atoms with Crippen LogP contribution in [0.4, 0.5) is 10.5 Å². The maximum absolute atomic E-state index is 12.1. The number of carboxylic acid groups (broad SMARTS) is 1. The lowest BCUT2D eigenvalue weighted by atomic mass is 9.95. The minimum absolute atomic E-state index is 0.123. The number of hydrogen-bond donors (Lipinski definition) is 3. The lowest BCUT2D eigenvalue weighted by Gasteiger charge is -2.23. The number of hydrogen-bond acceptors (Lipinski definition) is 2. The summed E-state index contributed by atoms with van der Waals surface area (Å²) in [6.07, 6.45) is 4.75. The number of aryl methyl sites for hydroxylation is 1. The van der Waals surface area contributed by atoms with Gasteiger partial charge in [0, 0.05) is 6.04 Å². The highest BCUT2D eigenvalue weighted by molar-refractivity contribution is 6.00. The van der Waals surface area contributed by atoms with Crippen molar-refractivity contribution in [1.82, 2.24) is 5.32 Å². The number of carbonyl (C=O) groups is 2. The number of urea groups is 1. The molecule has 0 aromatic heterocycles. The first-order valence-corrected chi connectivity index (χ1v) is 7.44. The molecular formula is C16H20N2O3. The molecule has 0 saturated heterocycles. The molecule has 2 aliphatic rings. The zero-order valence-electron chi connectivity index (χ0n) is 12.1. The van der Waals surface area contributed by atoms with E-state index in [1.54, 1.807) is 18.2 Å². The number of fused-ring (bicyclic) bond motifs is 2. The highest BCUT2D eigenvalue weighted by Crippen LogP contribution is 2.44. The highest BCUT2D eigenvalue weighted by atomic mass is 16.4. The van der Waals surface area contributed by atoms with Crippen molar-refractivity contribution in [3.63, 3.8) is 0 Å². The summed E-state index contributed by atoms with van der Waals surface area (Å²) in [5.74, 6) is 0.320. The van der Waals surface area contributed by atoms with Crippen molar-refractivity contribution in [2.45, 2.75) is 38.6 Å². The molecule has 0 heterocycles. The molecule has 3 atom stereocenters. The fourth-order valence-electron chi connectivity index (χ4n) is 3.69. The standard InChI is InChI=1S/C16H20N2O3/c1-9-2-5-13(12(6-9)15(19)20)17-16(21)18-14-8-10-3-4-11(14)7-10/h2,5-6,10-11,14H,3-4,7-8H2,1H3,(H,19,20)(H2,17,18,21). The average molecular weight is 288 g/mol. The first-order chi connectivity index (χ1) is 10.0. The van der Waals surface area contributed by atoms with Crippen LogP contribution in [-0.2, 0) is 0 Å². The van der Waals surface area contributed by atoms with Crippen LogP contribution in [0.1, 0.15) is 41.6 Å². The smallest absolute Gasteiger partial charge is 0.337 e. The number of nitrogens with one attached hydrogen (secondary N) is 2. The summed E-state index contributed by atoms with van der Waals surface area (Å²) in [5, 5.41) is 14.9. The van der Waals surface area contributed by atoms with E-state index in [2.05, 4.69) is 10.6 Å². The van der Waals surface area contributed by atoms with E-state index in [1.165, 1.54) is 19.3 Å². The van der Waals surface area contributed by atoms with Gasteiger partial charge in [0.15, 0.2) is 0 Å². The van der Waals surface area contributed by atoms with Crippen LogP contribution in [0, 0.1) is 18.8 Å².